The van der Waals surface area contributed by atoms with E-state index >= 15 is 0 Å². The first-order chi connectivity index (χ1) is 35.8. The van der Waals surface area contributed by atoms with Crippen molar-refractivity contribution >= 4 is 54.4 Å². The van der Waals surface area contributed by atoms with Gasteiger partial charge in [-0.05, 0) is 114 Å². The molecule has 0 spiro atoms. The van der Waals surface area contributed by atoms with Gasteiger partial charge in [0.25, 0.3) is 0 Å². The number of piperidine rings is 1. The summed E-state index contributed by atoms with van der Waals surface area (Å²) in [6.07, 6.45) is 26.5. The Bertz CT molecular complexity index is 2660. The molecule has 0 saturated carbocycles. The number of para-hydroxylation sites is 4. The van der Waals surface area contributed by atoms with Crippen LogP contribution in [0.4, 0.5) is 0 Å². The Morgan fingerprint density at radius 3 is 1.18 bits per heavy atom. The highest BCUT2D eigenvalue weighted by Crippen LogP contribution is 2.12. The van der Waals surface area contributed by atoms with Crippen molar-refractivity contribution in [3.05, 3.63) is 263 Å². The molecule has 3 N–H and O–H groups in total. The van der Waals surface area contributed by atoms with E-state index in [0.717, 1.165) is 16.6 Å². The fraction of sp³-hybridized carbons (Fsp3) is 0.0862. The van der Waals surface area contributed by atoms with Crippen molar-refractivity contribution in [1.29, 1.82) is 0 Å². The molecule has 9 heterocycles. The lowest BCUT2D eigenvalue weighted by Crippen LogP contribution is -2.21. The molecule has 358 valence electrons. The molecule has 1 fully saturated rings. The number of pyridine rings is 4. The third kappa shape index (κ3) is 20.4. The molecule has 1 aliphatic heterocycles. The lowest BCUT2D eigenvalue weighted by molar-refractivity contribution is 0.520. The van der Waals surface area contributed by atoms with Gasteiger partial charge < -0.3 is 10.3 Å². The second-order valence-corrected chi connectivity index (χ2v) is 15.1. The van der Waals surface area contributed by atoms with Crippen LogP contribution < -0.4 is 5.32 Å². The van der Waals surface area contributed by atoms with Gasteiger partial charge in [-0.1, -0.05) is 122 Å². The highest BCUT2D eigenvalue weighted by atomic mass is 15.3. The summed E-state index contributed by atoms with van der Waals surface area (Å²) in [6, 6.07) is 60.2. The molecule has 0 atom stereocenters. The Hall–Kier alpha value is -9.53. The first-order valence-electron chi connectivity index (χ1n) is 23.3. The second kappa shape index (κ2) is 33.0. The van der Waals surface area contributed by atoms with Gasteiger partial charge in [-0.15, -0.1) is 10.2 Å². The molecule has 0 unspecified atom stereocenters. The SMILES string of the molecule is C1CCNCC1.c1ccc2[nH]ccc2c1.c1ccc2cnccc2c1.c1ccc2ncccc2c1.c1ccc2ncccc2c1.c1ccc2ncccc2c1.c1cn[nH]n1.c1cncnc1.c1cnnnc1. The van der Waals surface area contributed by atoms with E-state index in [9.17, 15) is 0 Å². The minimum atomic E-state index is 1.06. The third-order valence-corrected chi connectivity index (χ3v) is 9.97. The van der Waals surface area contributed by atoms with Crippen LogP contribution >= 0.6 is 0 Å². The van der Waals surface area contributed by atoms with Gasteiger partial charge in [0.05, 0.1) is 41.3 Å². The number of rotatable bonds is 0. The molecule has 8 aromatic heterocycles. The number of H-pyrrole nitrogens is 2. The highest BCUT2D eigenvalue weighted by Gasteiger charge is 1.94. The summed E-state index contributed by atoms with van der Waals surface area (Å²) < 4.78 is 0. The summed E-state index contributed by atoms with van der Waals surface area (Å²) in [5.41, 5.74) is 4.39. The number of benzene rings is 5. The van der Waals surface area contributed by atoms with E-state index in [1.165, 1.54) is 76.5 Å². The number of aromatic nitrogens is 13. The Balaban J connectivity index is 0.000000134. The number of aromatic amines is 2. The van der Waals surface area contributed by atoms with Gasteiger partial charge in [-0.2, -0.15) is 15.4 Å². The summed E-state index contributed by atoms with van der Waals surface area (Å²) in [7, 11) is 0. The molecule has 1 saturated heterocycles. The van der Waals surface area contributed by atoms with Crippen LogP contribution in [-0.4, -0.2) is 78.8 Å². The fourth-order valence-corrected chi connectivity index (χ4v) is 6.50. The average Bonchev–Trinajstić information content (AvgIpc) is 4.25. The third-order valence-electron chi connectivity index (χ3n) is 9.97. The molecule has 72 heavy (non-hydrogen) atoms. The first kappa shape index (κ1) is 51.9. The molecular formula is C58H56N14. The number of fused-ring (bicyclic) bond motifs is 5. The zero-order valence-corrected chi connectivity index (χ0v) is 39.8. The van der Waals surface area contributed by atoms with Crippen LogP contribution in [0.15, 0.2) is 263 Å². The maximum atomic E-state index is 4.18. The zero-order chi connectivity index (χ0) is 49.6. The molecule has 14 nitrogen and oxygen atoms in total. The van der Waals surface area contributed by atoms with Crippen LogP contribution in [-0.2, 0) is 0 Å². The monoisotopic (exact) mass is 948 g/mol. The first-order valence-corrected chi connectivity index (χ1v) is 23.3. The van der Waals surface area contributed by atoms with Crippen molar-refractivity contribution in [2.45, 2.75) is 19.3 Å². The normalized spacial score (nSPS) is 10.7. The van der Waals surface area contributed by atoms with Gasteiger partial charge in [-0.3, -0.25) is 19.9 Å². The van der Waals surface area contributed by atoms with E-state index < -0.39 is 0 Å². The second-order valence-electron chi connectivity index (χ2n) is 15.1. The van der Waals surface area contributed by atoms with Crippen molar-refractivity contribution in [1.82, 2.24) is 71.0 Å². The molecule has 5 aromatic carbocycles. The van der Waals surface area contributed by atoms with Crippen molar-refractivity contribution < 1.29 is 0 Å². The fourth-order valence-electron chi connectivity index (χ4n) is 6.50. The molecule has 13 aromatic rings. The quantitative estimate of drug-likeness (QED) is 0.131. The smallest absolute Gasteiger partial charge is 0.115 e. The van der Waals surface area contributed by atoms with Crippen LogP contribution in [0.1, 0.15) is 19.3 Å². The standard InChI is InChI=1S/4C9H7N.C8H7N.C5H11N.C4H4N2.C3H3N3.C2H3N3/c3*1-2-6-9-8(4-1)5-3-7-10-9;1-2-4-9-7-10-6-5-8(9)3-1;1-2-4-8-7(3-1)5-6-9-8;1-2-4-6-5-3-1;1-2-5-4-6-3-1;1-2-4-6-5-3-1;1-2-4-5-3-1/h4*1-7H;1-6,9H;6H,1-5H2;1-4H;1-3H;1-2H,(H,3,4,5). The minimum Gasteiger partial charge on any atom is -0.361 e. The van der Waals surface area contributed by atoms with E-state index in [2.05, 4.69) is 138 Å². The van der Waals surface area contributed by atoms with Gasteiger partial charge in [0.2, 0.25) is 0 Å². The van der Waals surface area contributed by atoms with Crippen LogP contribution in [0, 0.1) is 0 Å². The van der Waals surface area contributed by atoms with Crippen molar-refractivity contribution in [2.75, 3.05) is 13.1 Å². The van der Waals surface area contributed by atoms with Gasteiger partial charge >= 0.3 is 0 Å². The predicted octanol–water partition coefficient (Wildman–Crippen LogP) is 12.0. The van der Waals surface area contributed by atoms with Crippen LogP contribution in [0.25, 0.3) is 54.4 Å². The molecule has 14 heteroatoms. The molecule has 14 rings (SSSR count). The largest absolute Gasteiger partial charge is 0.361 e. The molecule has 1 aliphatic rings. The van der Waals surface area contributed by atoms with Gasteiger partial charge in [0.15, 0.2) is 0 Å². The van der Waals surface area contributed by atoms with E-state index in [-0.39, 0.29) is 0 Å². The molecule has 0 amide bonds. The molecule has 0 bridgehead atoms. The van der Waals surface area contributed by atoms with Crippen LogP contribution in [0.2, 0.25) is 0 Å². The Kier molecular flexibility index (Phi) is 23.8. The average molecular weight is 949 g/mol. The van der Waals surface area contributed by atoms with Gasteiger partial charge in [0.1, 0.15) is 6.33 Å². The van der Waals surface area contributed by atoms with E-state index in [1.807, 2.05) is 140 Å². The summed E-state index contributed by atoms with van der Waals surface area (Å²) in [6.45, 7) is 2.50. The van der Waals surface area contributed by atoms with E-state index in [4.69, 9.17) is 0 Å². The van der Waals surface area contributed by atoms with E-state index in [0.29, 0.717) is 0 Å². The molecule has 0 aliphatic carbocycles. The predicted molar refractivity (Wildman–Crippen MR) is 290 cm³/mol. The number of nitrogens with one attached hydrogen (secondary N) is 3. The lowest BCUT2D eigenvalue weighted by Gasteiger charge is -2.08. The summed E-state index contributed by atoms with van der Waals surface area (Å²) in [5, 5.41) is 30.1. The maximum Gasteiger partial charge on any atom is 0.115 e. The van der Waals surface area contributed by atoms with Crippen LogP contribution in [0.3, 0.4) is 0 Å². The van der Waals surface area contributed by atoms with Crippen molar-refractivity contribution in [3.63, 3.8) is 0 Å². The number of nitrogens with zero attached hydrogens (tertiary/aromatic N) is 11. The molecular weight excluding hydrogens is 893 g/mol. The summed E-state index contributed by atoms with van der Waals surface area (Å²) in [5.74, 6) is 0. The lowest BCUT2D eigenvalue weighted by atomic mass is 10.2. The Morgan fingerprint density at radius 2 is 0.806 bits per heavy atom. The van der Waals surface area contributed by atoms with Crippen molar-refractivity contribution in [2.24, 2.45) is 0 Å². The maximum absolute atomic E-state index is 4.18. The van der Waals surface area contributed by atoms with E-state index in [1.54, 1.807) is 49.3 Å². The number of hydrogen-bond acceptors (Lipinski definition) is 12. The highest BCUT2D eigenvalue weighted by molar-refractivity contribution is 5.81. The van der Waals surface area contributed by atoms with Crippen molar-refractivity contribution in [3.8, 4) is 0 Å². The topological polar surface area (TPSA) is 185 Å². The summed E-state index contributed by atoms with van der Waals surface area (Å²) in [4.78, 5) is 27.0. The zero-order valence-electron chi connectivity index (χ0n) is 39.8. The Labute approximate surface area is 418 Å². The minimum absolute atomic E-state index is 1.06. The molecule has 0 radical (unpaired) electrons. The van der Waals surface area contributed by atoms with Crippen LogP contribution in [0.5, 0.6) is 0 Å². The Morgan fingerprint density at radius 1 is 0.333 bits per heavy atom. The van der Waals surface area contributed by atoms with Gasteiger partial charge in [0, 0.05) is 71.3 Å². The summed E-state index contributed by atoms with van der Waals surface area (Å²) >= 11 is 0. The van der Waals surface area contributed by atoms with Gasteiger partial charge in [-0.25, -0.2) is 9.97 Å². The number of hydrogen-bond donors (Lipinski definition) is 3.